The molecule has 2 aromatic carbocycles. The van der Waals surface area contributed by atoms with Gasteiger partial charge >= 0.3 is 0 Å². The first-order valence-corrected chi connectivity index (χ1v) is 20.3. The molecule has 0 bridgehead atoms. The normalized spacial score (nSPS) is 21.3. The number of aromatic nitrogens is 4. The lowest BCUT2D eigenvalue weighted by atomic mass is 9.94. The topological polar surface area (TPSA) is 175 Å². The molecule has 5 aliphatic rings. The highest BCUT2D eigenvalue weighted by Gasteiger charge is 2.39. The van der Waals surface area contributed by atoms with Crippen LogP contribution in [0.15, 0.2) is 42.7 Å². The molecule has 0 spiro atoms. The molecule has 16 heteroatoms. The number of hydrogen-bond acceptors (Lipinski definition) is 11. The first-order valence-electron chi connectivity index (χ1n) is 20.3. The van der Waals surface area contributed by atoms with Crippen molar-refractivity contribution in [3.63, 3.8) is 0 Å². The Morgan fingerprint density at radius 2 is 1.72 bits per heavy atom. The van der Waals surface area contributed by atoms with Crippen LogP contribution in [0.1, 0.15) is 90.2 Å². The Hall–Kier alpha value is -5.64. The number of fused-ring (bicyclic) bond motifs is 2. The van der Waals surface area contributed by atoms with E-state index >= 15 is 0 Å². The lowest BCUT2D eigenvalue weighted by molar-refractivity contribution is -0.136. The molecular weight excluding hydrogens is 730 g/mol. The SMILES string of the molecule is Nc1ncc(F)c(C(=O)Nc2cc3cn(C4CCN(CC5CCN(c6ccc7c(c6)C(=O)N(C6CCC(=O)NC6=O)C7)CC5)CC4)nc3cc2N2CCCCC2)n1. The van der Waals surface area contributed by atoms with Crippen molar-refractivity contribution in [3.05, 3.63) is 65.4 Å². The number of anilines is 4. The Balaban J connectivity index is 0.803. The first kappa shape index (κ1) is 37.0. The van der Waals surface area contributed by atoms with E-state index in [4.69, 9.17) is 10.8 Å². The maximum absolute atomic E-state index is 14.5. The number of carbonyl (C=O) groups is 4. The second kappa shape index (κ2) is 15.4. The summed E-state index contributed by atoms with van der Waals surface area (Å²) in [5, 5.41) is 11.2. The number of piperidine rings is 4. The van der Waals surface area contributed by atoms with Gasteiger partial charge in [0.1, 0.15) is 6.04 Å². The van der Waals surface area contributed by atoms with Crippen LogP contribution < -0.4 is 26.2 Å². The molecule has 1 atom stereocenters. The summed E-state index contributed by atoms with van der Waals surface area (Å²) in [7, 11) is 0. The lowest BCUT2D eigenvalue weighted by Gasteiger charge is -2.38. The van der Waals surface area contributed by atoms with Crippen LogP contribution in [-0.2, 0) is 16.1 Å². The van der Waals surface area contributed by atoms with E-state index in [1.165, 1.54) is 0 Å². The Bertz CT molecular complexity index is 2220. The number of nitrogen functional groups attached to an aromatic ring is 1. The van der Waals surface area contributed by atoms with Gasteiger partial charge in [-0.05, 0) is 87.1 Å². The number of likely N-dealkylation sites (tertiary alicyclic amines) is 1. The van der Waals surface area contributed by atoms with E-state index in [9.17, 15) is 23.6 Å². The van der Waals surface area contributed by atoms with Gasteiger partial charge in [0, 0.05) is 81.6 Å². The number of nitrogens with zero attached hydrogens (tertiary/aromatic N) is 8. The van der Waals surface area contributed by atoms with Crippen LogP contribution in [0.5, 0.6) is 0 Å². The number of nitrogens with two attached hydrogens (primary N) is 1. The molecular formula is C41H48FN11O4. The fourth-order valence-corrected chi connectivity index (χ4v) is 9.33. The van der Waals surface area contributed by atoms with Crippen LogP contribution in [0.25, 0.3) is 10.9 Å². The fraction of sp³-hybridized carbons (Fsp3) is 0.488. The van der Waals surface area contributed by atoms with Crippen LogP contribution in [0.4, 0.5) is 27.4 Å². The summed E-state index contributed by atoms with van der Waals surface area (Å²) in [5.41, 5.74) is 10.2. The maximum atomic E-state index is 14.5. The Labute approximate surface area is 329 Å². The number of rotatable bonds is 8. The molecule has 2 aromatic heterocycles. The Morgan fingerprint density at radius 1 is 0.930 bits per heavy atom. The molecule has 15 nitrogen and oxygen atoms in total. The van der Waals surface area contributed by atoms with Crippen LogP contribution in [0, 0.1) is 11.7 Å². The minimum absolute atomic E-state index is 0.137. The third-order valence-corrected chi connectivity index (χ3v) is 12.5. The highest BCUT2D eigenvalue weighted by Crippen LogP contribution is 2.36. The number of hydrogen-bond donors (Lipinski definition) is 3. The van der Waals surface area contributed by atoms with Gasteiger partial charge in [0.2, 0.25) is 17.8 Å². The smallest absolute Gasteiger partial charge is 0.277 e. The molecule has 0 aliphatic carbocycles. The third-order valence-electron chi connectivity index (χ3n) is 12.5. The average Bonchev–Trinajstić information content (AvgIpc) is 3.79. The molecule has 4 saturated heterocycles. The summed E-state index contributed by atoms with van der Waals surface area (Å²) in [4.78, 5) is 67.0. The van der Waals surface area contributed by atoms with Crippen molar-refractivity contribution >= 4 is 57.5 Å². The average molecular weight is 778 g/mol. The molecule has 7 heterocycles. The molecule has 4 aromatic rings. The van der Waals surface area contributed by atoms with Crippen molar-refractivity contribution in [2.75, 3.05) is 66.7 Å². The number of amides is 4. The highest BCUT2D eigenvalue weighted by molar-refractivity contribution is 6.07. The van der Waals surface area contributed by atoms with Crippen LogP contribution in [0.2, 0.25) is 0 Å². The van der Waals surface area contributed by atoms with E-state index < -0.39 is 23.5 Å². The summed E-state index contributed by atoms with van der Waals surface area (Å²) in [6.07, 6.45) is 11.0. The zero-order chi connectivity index (χ0) is 39.2. The molecule has 298 valence electrons. The van der Waals surface area contributed by atoms with Gasteiger partial charge in [-0.1, -0.05) is 6.07 Å². The summed E-state index contributed by atoms with van der Waals surface area (Å²) >= 11 is 0. The zero-order valence-electron chi connectivity index (χ0n) is 32.0. The fourth-order valence-electron chi connectivity index (χ4n) is 9.33. The number of benzene rings is 2. The van der Waals surface area contributed by atoms with Crippen molar-refractivity contribution in [1.29, 1.82) is 0 Å². The van der Waals surface area contributed by atoms with E-state index in [1.807, 2.05) is 24.3 Å². The molecule has 1 unspecified atom stereocenters. The van der Waals surface area contributed by atoms with Gasteiger partial charge in [-0.15, -0.1) is 0 Å². The third kappa shape index (κ3) is 7.49. The van der Waals surface area contributed by atoms with Crippen molar-refractivity contribution in [3.8, 4) is 0 Å². The standard InChI is InChI=1S/C41H48FN11O4/c42-31-21-44-41(43)47-37(31)39(56)45-33-18-27-24-53(48-32(27)20-35(33)51-12-2-1-3-13-51)28-10-14-49(15-11-28)22-25-8-16-50(17-9-25)29-5-4-26-23-52(40(57)30(26)19-29)34-6-7-36(54)46-38(34)55/h4-5,18-21,24-25,28,34H,1-3,6-17,22-23H2,(H,45,56)(H2,43,44,47)(H,46,54,55). The summed E-state index contributed by atoms with van der Waals surface area (Å²) in [5.74, 6) is -1.88. The van der Waals surface area contributed by atoms with Gasteiger partial charge in [0.25, 0.3) is 11.8 Å². The summed E-state index contributed by atoms with van der Waals surface area (Å²) in [6.45, 7) is 7.02. The minimum Gasteiger partial charge on any atom is -0.371 e. The number of nitrogens with one attached hydrogen (secondary N) is 2. The second-order valence-corrected chi connectivity index (χ2v) is 16.2. The first-order chi connectivity index (χ1) is 27.7. The molecule has 5 aliphatic heterocycles. The number of carbonyl (C=O) groups excluding carboxylic acids is 4. The number of halogens is 1. The molecule has 4 N–H and O–H groups in total. The second-order valence-electron chi connectivity index (χ2n) is 16.2. The van der Waals surface area contributed by atoms with E-state index in [1.54, 1.807) is 4.90 Å². The molecule has 57 heavy (non-hydrogen) atoms. The quantitative estimate of drug-likeness (QED) is 0.220. The van der Waals surface area contributed by atoms with E-state index in [0.29, 0.717) is 30.1 Å². The minimum atomic E-state index is -0.830. The zero-order valence-corrected chi connectivity index (χ0v) is 32.0. The van der Waals surface area contributed by atoms with Crippen LogP contribution >= 0.6 is 0 Å². The van der Waals surface area contributed by atoms with E-state index in [0.717, 1.165) is 125 Å². The monoisotopic (exact) mass is 777 g/mol. The molecule has 0 radical (unpaired) electrons. The lowest BCUT2D eigenvalue weighted by Crippen LogP contribution is -2.52. The highest BCUT2D eigenvalue weighted by atomic mass is 19.1. The maximum Gasteiger partial charge on any atom is 0.277 e. The predicted molar refractivity (Wildman–Crippen MR) is 212 cm³/mol. The Morgan fingerprint density at radius 3 is 2.49 bits per heavy atom. The van der Waals surface area contributed by atoms with Gasteiger partial charge in [0.15, 0.2) is 11.5 Å². The van der Waals surface area contributed by atoms with E-state index in [2.05, 4.69) is 52.2 Å². The van der Waals surface area contributed by atoms with Crippen molar-refractivity contribution < 1.29 is 23.6 Å². The van der Waals surface area contributed by atoms with Crippen molar-refractivity contribution in [2.45, 2.75) is 76.4 Å². The van der Waals surface area contributed by atoms with Crippen LogP contribution in [0.3, 0.4) is 0 Å². The molecule has 4 amide bonds. The molecule has 9 rings (SSSR count). The van der Waals surface area contributed by atoms with E-state index in [-0.39, 0.29) is 36.1 Å². The van der Waals surface area contributed by atoms with Gasteiger partial charge < -0.3 is 30.7 Å². The van der Waals surface area contributed by atoms with Gasteiger partial charge in [-0.25, -0.2) is 14.4 Å². The van der Waals surface area contributed by atoms with Crippen molar-refractivity contribution in [1.82, 2.24) is 34.9 Å². The van der Waals surface area contributed by atoms with Gasteiger partial charge in [-0.2, -0.15) is 5.10 Å². The summed E-state index contributed by atoms with van der Waals surface area (Å²) in [6, 6.07) is 9.71. The largest absolute Gasteiger partial charge is 0.371 e. The van der Waals surface area contributed by atoms with Gasteiger partial charge in [-0.3, -0.25) is 29.2 Å². The molecule has 0 saturated carbocycles. The molecule has 4 fully saturated rings. The van der Waals surface area contributed by atoms with Crippen molar-refractivity contribution in [2.24, 2.45) is 5.92 Å². The van der Waals surface area contributed by atoms with Gasteiger partial charge in [0.05, 0.1) is 29.1 Å². The number of imide groups is 1. The predicted octanol–water partition coefficient (Wildman–Crippen LogP) is 4.10. The summed E-state index contributed by atoms with van der Waals surface area (Å²) < 4.78 is 16.6. The van der Waals surface area contributed by atoms with Crippen LogP contribution in [-0.4, -0.2) is 105 Å². The Kier molecular flexibility index (Phi) is 9.97.